The van der Waals surface area contributed by atoms with Gasteiger partial charge < -0.3 is 9.47 Å². The lowest BCUT2D eigenvalue weighted by Gasteiger charge is -2.49. The van der Waals surface area contributed by atoms with E-state index in [1.807, 2.05) is 0 Å². The molecular weight excluding hydrogens is 569 g/mol. The van der Waals surface area contributed by atoms with Gasteiger partial charge in [0.15, 0.2) is 0 Å². The standard InChI is InChI=1S/C45H38N2/c1-43(2)32-17-9-7-15-28(32)30-25-31-29-16-8-12-20-38(29)46(41(31)26-35(30)43)27-23-36-42-37(24-27)45(5,6)34-19-11-14-22-40(34)47(42)39-21-13-10-18-33(39)44(36,3)4/h7-26H,1-6H3. The van der Waals surface area contributed by atoms with Crippen LogP contribution < -0.4 is 4.90 Å². The van der Waals surface area contributed by atoms with Gasteiger partial charge in [-0.15, -0.1) is 0 Å². The molecule has 2 heteroatoms. The Morgan fingerprint density at radius 3 is 1.60 bits per heavy atom. The Hall–Kier alpha value is -5.08. The molecule has 3 aliphatic rings. The van der Waals surface area contributed by atoms with Gasteiger partial charge in [-0.2, -0.15) is 0 Å². The molecule has 7 aromatic rings. The van der Waals surface area contributed by atoms with Gasteiger partial charge in [-0.1, -0.05) is 120 Å². The average molecular weight is 607 g/mol. The number of rotatable bonds is 1. The van der Waals surface area contributed by atoms with Crippen LogP contribution in [0.1, 0.15) is 74.9 Å². The van der Waals surface area contributed by atoms with Crippen molar-refractivity contribution in [1.29, 1.82) is 0 Å². The van der Waals surface area contributed by atoms with Crippen molar-refractivity contribution in [1.82, 2.24) is 4.57 Å². The fourth-order valence-corrected chi connectivity index (χ4v) is 9.44. The summed E-state index contributed by atoms with van der Waals surface area (Å²) in [5.41, 5.74) is 18.3. The van der Waals surface area contributed by atoms with Gasteiger partial charge in [0, 0.05) is 32.7 Å². The Morgan fingerprint density at radius 1 is 0.404 bits per heavy atom. The minimum absolute atomic E-state index is 0.0683. The summed E-state index contributed by atoms with van der Waals surface area (Å²) in [5.74, 6) is 0. The summed E-state index contributed by atoms with van der Waals surface area (Å²) in [6, 6.07) is 46.0. The third-order valence-electron chi connectivity index (χ3n) is 11.9. The van der Waals surface area contributed by atoms with Crippen LogP contribution in [0.15, 0.2) is 121 Å². The number of para-hydroxylation sites is 3. The number of nitrogens with zero attached hydrogens (tertiary/aromatic N) is 2. The van der Waals surface area contributed by atoms with E-state index in [2.05, 4.69) is 172 Å². The third-order valence-corrected chi connectivity index (χ3v) is 11.9. The molecule has 0 unspecified atom stereocenters. The number of anilines is 3. The van der Waals surface area contributed by atoms with Crippen LogP contribution in [0, 0.1) is 0 Å². The van der Waals surface area contributed by atoms with Crippen molar-refractivity contribution in [2.75, 3.05) is 4.90 Å². The van der Waals surface area contributed by atoms with Gasteiger partial charge in [0.1, 0.15) is 0 Å². The van der Waals surface area contributed by atoms with Crippen LogP contribution in [0.4, 0.5) is 17.1 Å². The first kappa shape index (κ1) is 27.1. The Bertz CT molecular complexity index is 2420. The zero-order valence-electron chi connectivity index (χ0n) is 27.9. The van der Waals surface area contributed by atoms with Gasteiger partial charge in [0.05, 0.1) is 28.1 Å². The van der Waals surface area contributed by atoms with Gasteiger partial charge in [-0.05, 0) is 87.0 Å². The first-order chi connectivity index (χ1) is 22.6. The van der Waals surface area contributed by atoms with E-state index >= 15 is 0 Å². The minimum Gasteiger partial charge on any atom is -0.309 e. The fraction of sp³-hybridized carbons (Fsp3) is 0.200. The van der Waals surface area contributed by atoms with E-state index in [1.54, 1.807) is 0 Å². The van der Waals surface area contributed by atoms with Crippen LogP contribution >= 0.6 is 0 Å². The average Bonchev–Trinajstić information content (AvgIpc) is 3.52. The molecule has 0 radical (unpaired) electrons. The molecule has 0 saturated carbocycles. The number of hydrogen-bond acceptors (Lipinski definition) is 1. The Kier molecular flexibility index (Phi) is 4.97. The number of benzene rings is 6. The van der Waals surface area contributed by atoms with Crippen LogP contribution in [0.3, 0.4) is 0 Å². The summed E-state index contributed by atoms with van der Waals surface area (Å²) in [4.78, 5) is 2.55. The largest absolute Gasteiger partial charge is 0.309 e. The highest BCUT2D eigenvalue weighted by Gasteiger charge is 2.46. The summed E-state index contributed by atoms with van der Waals surface area (Å²) in [7, 11) is 0. The highest BCUT2D eigenvalue weighted by Crippen LogP contribution is 2.60. The molecule has 2 nitrogen and oxygen atoms in total. The number of hydrogen-bond donors (Lipinski definition) is 0. The van der Waals surface area contributed by atoms with Crippen molar-refractivity contribution in [3.8, 4) is 16.8 Å². The van der Waals surface area contributed by atoms with Crippen LogP contribution in [-0.4, -0.2) is 4.57 Å². The second-order valence-electron chi connectivity index (χ2n) is 15.4. The highest BCUT2D eigenvalue weighted by atomic mass is 15.2. The fourth-order valence-electron chi connectivity index (χ4n) is 9.44. The molecule has 0 spiro atoms. The topological polar surface area (TPSA) is 8.17 Å². The Balaban J connectivity index is 1.33. The predicted molar refractivity (Wildman–Crippen MR) is 197 cm³/mol. The molecule has 6 aromatic carbocycles. The van der Waals surface area contributed by atoms with Crippen LogP contribution in [0.2, 0.25) is 0 Å². The van der Waals surface area contributed by atoms with Crippen molar-refractivity contribution < 1.29 is 0 Å². The van der Waals surface area contributed by atoms with Crippen molar-refractivity contribution in [3.05, 3.63) is 155 Å². The molecule has 0 fully saturated rings. The third kappa shape index (κ3) is 3.21. The van der Waals surface area contributed by atoms with Crippen LogP contribution in [0.25, 0.3) is 38.6 Å². The SMILES string of the molecule is CC1(C)c2ccccc2-c2cc3c4ccccc4n(-c4cc5c6c(c4)C(C)(C)c4ccccc4N6c4ccccc4C5(C)C)c3cc21. The molecule has 0 amide bonds. The molecule has 3 heterocycles. The molecule has 47 heavy (non-hydrogen) atoms. The summed E-state index contributed by atoms with van der Waals surface area (Å²) < 4.78 is 2.55. The molecule has 0 atom stereocenters. The molecule has 0 bridgehead atoms. The van der Waals surface area contributed by atoms with Gasteiger partial charge in [-0.3, -0.25) is 0 Å². The predicted octanol–water partition coefficient (Wildman–Crippen LogP) is 11.8. The molecule has 0 N–H and O–H groups in total. The maximum absolute atomic E-state index is 2.55. The van der Waals surface area contributed by atoms with Crippen molar-refractivity contribution >= 4 is 38.9 Å². The van der Waals surface area contributed by atoms with Crippen molar-refractivity contribution in [3.63, 3.8) is 0 Å². The van der Waals surface area contributed by atoms with Crippen LogP contribution in [-0.2, 0) is 16.2 Å². The maximum Gasteiger partial charge on any atom is 0.0545 e. The quantitative estimate of drug-likeness (QED) is 0.180. The first-order valence-electron chi connectivity index (χ1n) is 17.0. The van der Waals surface area contributed by atoms with Gasteiger partial charge in [0.2, 0.25) is 0 Å². The number of fused-ring (bicyclic) bond motifs is 10. The molecule has 1 aliphatic carbocycles. The Labute approximate surface area is 276 Å². The smallest absolute Gasteiger partial charge is 0.0545 e. The van der Waals surface area contributed by atoms with E-state index in [1.165, 1.54) is 89.1 Å². The summed E-state index contributed by atoms with van der Waals surface area (Å²) in [5, 5.41) is 2.61. The highest BCUT2D eigenvalue weighted by molar-refractivity contribution is 6.12. The molecule has 1 aromatic heterocycles. The van der Waals surface area contributed by atoms with E-state index < -0.39 is 0 Å². The molecular formula is C45H38N2. The van der Waals surface area contributed by atoms with E-state index in [4.69, 9.17) is 0 Å². The second-order valence-corrected chi connectivity index (χ2v) is 15.4. The van der Waals surface area contributed by atoms with Crippen molar-refractivity contribution in [2.45, 2.75) is 57.8 Å². The van der Waals surface area contributed by atoms with E-state index in [-0.39, 0.29) is 16.2 Å². The van der Waals surface area contributed by atoms with Gasteiger partial charge in [0.25, 0.3) is 0 Å². The first-order valence-corrected chi connectivity index (χ1v) is 17.0. The molecule has 228 valence electrons. The summed E-state index contributed by atoms with van der Waals surface area (Å²) in [6.45, 7) is 14.4. The lowest BCUT2D eigenvalue weighted by atomic mass is 9.66. The van der Waals surface area contributed by atoms with Gasteiger partial charge >= 0.3 is 0 Å². The van der Waals surface area contributed by atoms with E-state index in [0.717, 1.165) is 0 Å². The monoisotopic (exact) mass is 606 g/mol. The minimum atomic E-state index is -0.181. The molecule has 0 saturated heterocycles. The Morgan fingerprint density at radius 2 is 0.936 bits per heavy atom. The van der Waals surface area contributed by atoms with Gasteiger partial charge in [-0.25, -0.2) is 0 Å². The number of aromatic nitrogens is 1. The lowest BCUT2D eigenvalue weighted by Crippen LogP contribution is -2.38. The second kappa shape index (κ2) is 8.63. The molecule has 10 rings (SSSR count). The normalized spacial score (nSPS) is 17.2. The maximum atomic E-state index is 2.55. The zero-order valence-corrected chi connectivity index (χ0v) is 27.9. The zero-order chi connectivity index (χ0) is 32.0. The summed E-state index contributed by atoms with van der Waals surface area (Å²) in [6.07, 6.45) is 0. The summed E-state index contributed by atoms with van der Waals surface area (Å²) >= 11 is 0. The molecule has 2 aliphatic heterocycles. The lowest BCUT2D eigenvalue weighted by molar-refractivity contribution is 0.596. The van der Waals surface area contributed by atoms with Crippen molar-refractivity contribution in [2.24, 2.45) is 0 Å². The van der Waals surface area contributed by atoms with E-state index in [0.29, 0.717) is 0 Å². The van der Waals surface area contributed by atoms with Crippen LogP contribution in [0.5, 0.6) is 0 Å². The van der Waals surface area contributed by atoms with E-state index in [9.17, 15) is 0 Å².